The minimum atomic E-state index is -0.624. The van der Waals surface area contributed by atoms with E-state index in [4.69, 9.17) is 14.2 Å². The summed E-state index contributed by atoms with van der Waals surface area (Å²) in [6.45, 7) is 3.60. The van der Waals surface area contributed by atoms with Gasteiger partial charge in [-0.05, 0) is 24.1 Å². The Kier molecular flexibility index (Phi) is 4.84. The molecule has 0 amide bonds. The number of hydrogen-bond acceptors (Lipinski definition) is 4. The van der Waals surface area contributed by atoms with Crippen LogP contribution in [-0.4, -0.2) is 26.4 Å². The van der Waals surface area contributed by atoms with Gasteiger partial charge in [-0.2, -0.15) is 0 Å². The predicted molar refractivity (Wildman–Crippen MR) is 65.9 cm³/mol. The van der Waals surface area contributed by atoms with E-state index in [1.54, 1.807) is 39.5 Å². The van der Waals surface area contributed by atoms with Crippen LogP contribution in [0.1, 0.15) is 18.1 Å². The Morgan fingerprint density at radius 2 is 1.71 bits per heavy atom. The lowest BCUT2D eigenvalue weighted by molar-refractivity contribution is 0.180. The third-order valence-electron chi connectivity index (χ3n) is 2.46. The Bertz CT molecular complexity index is 362. The molecule has 1 aromatic carbocycles. The minimum Gasteiger partial charge on any atom is -0.493 e. The topological polar surface area (TPSA) is 47.9 Å². The van der Waals surface area contributed by atoms with Crippen molar-refractivity contribution in [2.75, 3.05) is 21.3 Å². The monoisotopic (exact) mass is 238 g/mol. The molecule has 0 saturated carbocycles. The average molecular weight is 238 g/mol. The molecule has 0 saturated heterocycles. The number of methoxy groups -OCH3 is 3. The van der Waals surface area contributed by atoms with Gasteiger partial charge in [-0.15, -0.1) is 6.58 Å². The molecule has 0 bridgehead atoms. The van der Waals surface area contributed by atoms with Gasteiger partial charge in [0.1, 0.15) is 0 Å². The van der Waals surface area contributed by atoms with Crippen molar-refractivity contribution in [2.45, 2.75) is 12.5 Å². The number of aliphatic hydroxyl groups is 1. The zero-order valence-electron chi connectivity index (χ0n) is 10.4. The fourth-order valence-corrected chi connectivity index (χ4v) is 1.59. The number of rotatable bonds is 6. The van der Waals surface area contributed by atoms with Crippen LogP contribution < -0.4 is 14.2 Å². The maximum Gasteiger partial charge on any atom is 0.203 e. The second-order valence-electron chi connectivity index (χ2n) is 3.50. The van der Waals surface area contributed by atoms with Crippen molar-refractivity contribution in [3.05, 3.63) is 30.4 Å². The molecule has 4 heteroatoms. The molecular weight excluding hydrogens is 220 g/mol. The van der Waals surface area contributed by atoms with E-state index >= 15 is 0 Å². The van der Waals surface area contributed by atoms with E-state index < -0.39 is 6.10 Å². The van der Waals surface area contributed by atoms with E-state index in [0.717, 1.165) is 0 Å². The van der Waals surface area contributed by atoms with E-state index in [1.165, 1.54) is 0 Å². The third-order valence-corrected chi connectivity index (χ3v) is 2.46. The summed E-state index contributed by atoms with van der Waals surface area (Å²) >= 11 is 0. The summed E-state index contributed by atoms with van der Waals surface area (Å²) in [5.74, 6) is 1.58. The third kappa shape index (κ3) is 2.91. The van der Waals surface area contributed by atoms with Crippen LogP contribution in [0.2, 0.25) is 0 Å². The minimum absolute atomic E-state index is 0.471. The molecule has 1 unspecified atom stereocenters. The van der Waals surface area contributed by atoms with Crippen LogP contribution in [0.3, 0.4) is 0 Å². The molecule has 1 N–H and O–H groups in total. The summed E-state index contributed by atoms with van der Waals surface area (Å²) in [6.07, 6.45) is 1.51. The Labute approximate surface area is 101 Å². The molecule has 17 heavy (non-hydrogen) atoms. The number of aliphatic hydroxyl groups excluding tert-OH is 1. The van der Waals surface area contributed by atoms with Crippen molar-refractivity contribution in [2.24, 2.45) is 0 Å². The first-order valence-electron chi connectivity index (χ1n) is 5.26. The summed E-state index contributed by atoms with van der Waals surface area (Å²) in [5, 5.41) is 9.90. The molecule has 0 aromatic heterocycles. The molecule has 94 valence electrons. The standard InChI is InChI=1S/C13H18O4/c1-5-6-10(14)9-7-11(15-2)13(17-4)12(8-9)16-3/h5,7-8,10,14H,1,6H2,2-4H3. The van der Waals surface area contributed by atoms with Crippen molar-refractivity contribution < 1.29 is 19.3 Å². The summed E-state index contributed by atoms with van der Waals surface area (Å²) < 4.78 is 15.6. The Balaban J connectivity index is 3.21. The SMILES string of the molecule is C=CCC(O)c1cc(OC)c(OC)c(OC)c1. The second-order valence-corrected chi connectivity index (χ2v) is 3.50. The lowest BCUT2D eigenvalue weighted by Crippen LogP contribution is -2.00. The van der Waals surface area contributed by atoms with Gasteiger partial charge in [-0.3, -0.25) is 0 Å². The van der Waals surface area contributed by atoms with Crippen LogP contribution >= 0.6 is 0 Å². The largest absolute Gasteiger partial charge is 0.493 e. The molecule has 0 aliphatic carbocycles. The lowest BCUT2D eigenvalue weighted by atomic mass is 10.1. The Morgan fingerprint density at radius 1 is 1.18 bits per heavy atom. The Morgan fingerprint density at radius 3 is 2.06 bits per heavy atom. The lowest BCUT2D eigenvalue weighted by Gasteiger charge is -2.16. The molecule has 0 fully saturated rings. The number of benzene rings is 1. The molecule has 4 nitrogen and oxygen atoms in total. The van der Waals surface area contributed by atoms with E-state index in [2.05, 4.69) is 6.58 Å². The number of ether oxygens (including phenoxy) is 3. The van der Waals surface area contributed by atoms with Crippen LogP contribution in [0.15, 0.2) is 24.8 Å². The van der Waals surface area contributed by atoms with E-state index in [1.807, 2.05) is 0 Å². The molecule has 0 heterocycles. The quantitative estimate of drug-likeness (QED) is 0.773. The van der Waals surface area contributed by atoms with Crippen LogP contribution in [0.25, 0.3) is 0 Å². The van der Waals surface area contributed by atoms with Crippen molar-refractivity contribution in [3.8, 4) is 17.2 Å². The van der Waals surface area contributed by atoms with Crippen LogP contribution in [0.5, 0.6) is 17.2 Å². The van der Waals surface area contributed by atoms with Crippen LogP contribution in [0, 0.1) is 0 Å². The highest BCUT2D eigenvalue weighted by Crippen LogP contribution is 2.40. The summed E-state index contributed by atoms with van der Waals surface area (Å²) in [6, 6.07) is 3.46. The second kappa shape index (κ2) is 6.15. The van der Waals surface area contributed by atoms with Gasteiger partial charge in [0.2, 0.25) is 5.75 Å². The smallest absolute Gasteiger partial charge is 0.203 e. The van der Waals surface area contributed by atoms with Crippen LogP contribution in [0.4, 0.5) is 0 Å². The fraction of sp³-hybridized carbons (Fsp3) is 0.385. The molecule has 0 spiro atoms. The van der Waals surface area contributed by atoms with Gasteiger partial charge in [0.25, 0.3) is 0 Å². The first-order valence-corrected chi connectivity index (χ1v) is 5.26. The summed E-state index contributed by atoms with van der Waals surface area (Å²) in [4.78, 5) is 0. The van der Waals surface area contributed by atoms with E-state index in [-0.39, 0.29) is 0 Å². The zero-order valence-corrected chi connectivity index (χ0v) is 10.4. The maximum absolute atomic E-state index is 9.90. The van der Waals surface area contributed by atoms with Gasteiger partial charge in [0, 0.05) is 0 Å². The molecule has 1 aromatic rings. The highest BCUT2D eigenvalue weighted by molar-refractivity contribution is 5.54. The normalized spacial score (nSPS) is 11.8. The zero-order chi connectivity index (χ0) is 12.8. The highest BCUT2D eigenvalue weighted by atomic mass is 16.5. The van der Waals surface area contributed by atoms with Gasteiger partial charge in [-0.25, -0.2) is 0 Å². The first-order chi connectivity index (χ1) is 8.17. The molecule has 0 radical (unpaired) electrons. The summed E-state index contributed by atoms with van der Waals surface area (Å²) in [5.41, 5.74) is 0.708. The van der Waals surface area contributed by atoms with E-state index in [0.29, 0.717) is 29.2 Å². The molecule has 0 aliphatic heterocycles. The van der Waals surface area contributed by atoms with Gasteiger partial charge in [0.05, 0.1) is 27.4 Å². The summed E-state index contributed by atoms with van der Waals surface area (Å²) in [7, 11) is 4.63. The van der Waals surface area contributed by atoms with Crippen molar-refractivity contribution in [3.63, 3.8) is 0 Å². The maximum atomic E-state index is 9.90. The van der Waals surface area contributed by atoms with E-state index in [9.17, 15) is 5.11 Å². The first kappa shape index (κ1) is 13.4. The van der Waals surface area contributed by atoms with Gasteiger partial charge >= 0.3 is 0 Å². The molecule has 1 rings (SSSR count). The van der Waals surface area contributed by atoms with Crippen molar-refractivity contribution in [1.82, 2.24) is 0 Å². The number of hydrogen-bond donors (Lipinski definition) is 1. The molecule has 0 aliphatic rings. The predicted octanol–water partition coefficient (Wildman–Crippen LogP) is 2.32. The van der Waals surface area contributed by atoms with Gasteiger partial charge < -0.3 is 19.3 Å². The van der Waals surface area contributed by atoms with Crippen molar-refractivity contribution >= 4 is 0 Å². The highest BCUT2D eigenvalue weighted by Gasteiger charge is 2.16. The molecule has 1 atom stereocenters. The van der Waals surface area contributed by atoms with Crippen LogP contribution in [-0.2, 0) is 0 Å². The molecular formula is C13H18O4. The van der Waals surface area contributed by atoms with Gasteiger partial charge in [0.15, 0.2) is 11.5 Å². The average Bonchev–Trinajstić information content (AvgIpc) is 2.37. The Hall–Kier alpha value is -1.68. The fourth-order valence-electron chi connectivity index (χ4n) is 1.59. The van der Waals surface area contributed by atoms with Crippen molar-refractivity contribution in [1.29, 1.82) is 0 Å². The van der Waals surface area contributed by atoms with Gasteiger partial charge in [-0.1, -0.05) is 6.08 Å².